The number of hydrogen-bond acceptors (Lipinski definition) is 28. The van der Waals surface area contributed by atoms with E-state index >= 15 is 0 Å². The Hall–Kier alpha value is -12.2. The van der Waals surface area contributed by atoms with E-state index in [1.165, 1.54) is 31.0 Å². The van der Waals surface area contributed by atoms with Crippen LogP contribution < -0.4 is 16.8 Å². The number of ketones is 1. The van der Waals surface area contributed by atoms with Gasteiger partial charge in [0.25, 0.3) is 5.78 Å². The molecule has 0 bridgehead atoms. The molecule has 0 aliphatic carbocycles. The minimum absolute atomic E-state index is 0.00947. The van der Waals surface area contributed by atoms with E-state index in [4.69, 9.17) is 11.5 Å². The number of anilines is 3. The van der Waals surface area contributed by atoms with Crippen molar-refractivity contribution in [2.24, 2.45) is 0 Å². The summed E-state index contributed by atoms with van der Waals surface area (Å²) in [5.41, 5.74) is 24.0. The molecule has 1 aliphatic heterocycles. The van der Waals surface area contributed by atoms with Crippen LogP contribution in [0.25, 0.3) is 56.1 Å². The number of H-pyrrole nitrogens is 1. The lowest BCUT2D eigenvalue weighted by molar-refractivity contribution is 0.0980. The Morgan fingerprint density at radius 2 is 0.973 bits per heavy atom. The highest BCUT2D eigenvalue weighted by Gasteiger charge is 2.31. The summed E-state index contributed by atoms with van der Waals surface area (Å²) in [6.45, 7) is 51.0. The number of carbonyl (C=O) groups is 1. The molecular weight excluding hydrogens is 1390 g/mol. The van der Waals surface area contributed by atoms with Crippen LogP contribution in [0.15, 0.2) is 124 Å². The number of nitrogens with two attached hydrogens (primary N) is 2. The van der Waals surface area contributed by atoms with Crippen molar-refractivity contribution in [1.29, 1.82) is 0 Å². The lowest BCUT2D eigenvalue weighted by Gasteiger charge is -2.25. The molecule has 6 N–H and O–H groups in total. The molecule has 0 amide bonds. The fourth-order valence-corrected chi connectivity index (χ4v) is 11.2. The van der Waals surface area contributed by atoms with Crippen LogP contribution in [0.4, 0.5) is 17.7 Å². The third kappa shape index (κ3) is 20.3. The smallest absolute Gasteiger partial charge is 0.255 e. The predicted molar refractivity (Wildman–Crippen MR) is 425 cm³/mol. The average Bonchev–Trinajstić information content (AvgIpc) is 1.39. The van der Waals surface area contributed by atoms with Gasteiger partial charge in [0, 0.05) is 106 Å². The molecule has 576 valence electrons. The van der Waals surface area contributed by atoms with Crippen molar-refractivity contribution >= 4 is 79.6 Å². The highest BCUT2D eigenvalue weighted by molar-refractivity contribution is 6.03. The normalized spacial score (nSPS) is 12.6. The number of nitrogens with one attached hydrogen (secondary N) is 2. The van der Waals surface area contributed by atoms with Crippen molar-refractivity contribution in [2.45, 2.75) is 216 Å². The maximum Gasteiger partial charge on any atom is 0.255 e. The van der Waals surface area contributed by atoms with Crippen LogP contribution in [-0.2, 0) is 43.3 Å². The maximum absolute atomic E-state index is 11.9. The van der Waals surface area contributed by atoms with Crippen molar-refractivity contribution in [3.8, 4) is 0 Å². The molecule has 33 heteroatoms. The Balaban J connectivity index is 0.000000145. The fraction of sp³-hybridized carbons (Fsp3) is 0.442. The van der Waals surface area contributed by atoms with Gasteiger partial charge in [-0.1, -0.05) is 166 Å². The summed E-state index contributed by atoms with van der Waals surface area (Å²) in [7, 11) is 0. The summed E-state index contributed by atoms with van der Waals surface area (Å²) < 4.78 is 7.24. The first-order valence-electron chi connectivity index (χ1n) is 35.9. The SMILES string of the molecule is CC(C)(C)c1ccnc2ccnn12.CC(C)(C)c1nc(N)nc2c1C(=O)CCN2.CC(C)(C)c1nc(N)nn2cccc12.CC(C)(C)c1ncnc2cccnc12.CC(C)(C)c1ncnc2n[nH]nc12.CC(C)(C)c1ncnc2nccn12.CC(C)(C)c1ncnc2nccnc12.CC(C)(C)c1ncnc2ncnn12. The first-order chi connectivity index (χ1) is 51.4. The molecule has 15 aromatic rings. The van der Waals surface area contributed by atoms with Crippen molar-refractivity contribution in [3.63, 3.8) is 0 Å². The van der Waals surface area contributed by atoms with Crippen molar-refractivity contribution in [1.82, 2.24) is 143 Å². The van der Waals surface area contributed by atoms with Gasteiger partial charge in [-0.15, -0.1) is 10.2 Å². The highest BCUT2D eigenvalue weighted by atomic mass is 16.1. The van der Waals surface area contributed by atoms with Gasteiger partial charge in [0.1, 0.15) is 66.5 Å². The number of pyridine rings is 1. The Labute approximate surface area is 639 Å². The van der Waals surface area contributed by atoms with E-state index in [1.54, 1.807) is 52.7 Å². The molecule has 0 aromatic carbocycles. The second-order valence-corrected chi connectivity index (χ2v) is 34.1. The van der Waals surface area contributed by atoms with Gasteiger partial charge in [0.15, 0.2) is 22.6 Å². The van der Waals surface area contributed by atoms with Crippen LogP contribution >= 0.6 is 0 Å². The van der Waals surface area contributed by atoms with Gasteiger partial charge in [0.05, 0.1) is 57.0 Å². The van der Waals surface area contributed by atoms with Crippen LogP contribution in [-0.4, -0.2) is 156 Å². The number of carbonyl (C=O) groups excluding carboxylic acids is 1. The summed E-state index contributed by atoms with van der Waals surface area (Å²) >= 11 is 0. The van der Waals surface area contributed by atoms with Crippen LogP contribution in [0.2, 0.25) is 0 Å². The second kappa shape index (κ2) is 32.7. The van der Waals surface area contributed by atoms with E-state index in [2.05, 4.69) is 276 Å². The molecule has 0 atom stereocenters. The third-order valence-corrected chi connectivity index (χ3v) is 16.3. The predicted octanol–water partition coefficient (Wildman–Crippen LogP) is 12.3. The van der Waals surface area contributed by atoms with Gasteiger partial charge in [-0.3, -0.25) is 14.2 Å². The van der Waals surface area contributed by atoms with Gasteiger partial charge in [-0.05, 0) is 30.3 Å². The molecule has 1 aliphatic rings. The maximum atomic E-state index is 11.9. The molecule has 33 nitrogen and oxygen atoms in total. The number of Topliss-reactive ketones (excluding diaryl/α,β-unsaturated/α-hetero) is 1. The Morgan fingerprint density at radius 3 is 1.62 bits per heavy atom. The number of hydrogen-bond donors (Lipinski definition) is 4. The number of nitrogen functional groups attached to an aromatic ring is 2. The largest absolute Gasteiger partial charge is 0.369 e. The van der Waals surface area contributed by atoms with Gasteiger partial charge in [0.2, 0.25) is 23.3 Å². The molecule has 0 radical (unpaired) electrons. The average molecular weight is 1490 g/mol. The van der Waals surface area contributed by atoms with Crippen molar-refractivity contribution < 1.29 is 4.79 Å². The number of aromatic nitrogens is 29. The quantitative estimate of drug-likeness (QED) is 0.110. The minimum atomic E-state index is -0.212. The van der Waals surface area contributed by atoms with E-state index < -0.39 is 0 Å². The highest BCUT2D eigenvalue weighted by Crippen LogP contribution is 2.33. The molecule has 16 rings (SSSR count). The molecule has 0 saturated carbocycles. The zero-order valence-corrected chi connectivity index (χ0v) is 67.5. The summed E-state index contributed by atoms with van der Waals surface area (Å²) in [5, 5.41) is 26.0. The standard InChI is InChI=1S/C11H16N4O.C11H13N3.C10H12N4.C10H14N4.C10H13N3.C9H12N4.2C8H11N5/c1-11(2,3)8-7-6(16)4-5-13-9(7)15-10(12)14-8;1-11(2,3)10-9-8(13-7-14-10)5-4-6-12-9;1-10(2,3)8-7-9(14-6-13-8)12-5-4-11-7;1-10(2,3)8-7-5-4-6-14(7)13-9(11)12-8;1-10(2,3)8-4-6-11-9-5-7-12-13(8)9;1-9(2,3)7-11-6-12-8-10-4-5-13(7)8;1-8(2,3)6-9-4-10-7-11-5-12-13(6)7;1-8(2,3)6-5-7(10-4-9-6)12-13-11-5/h4-5H2,1-3H3,(H3,12,13,14,15);4-7H,1-3H3;4-6H,1-3H3;4-6H,1-3H3,(H2,11,13);4-7H,1-3H3;4-6H,1-3H3;4-5H,1-3H3;4H,1-3H3,(H,9,10,11,12,13). The Bertz CT molecular complexity index is 5160. The lowest BCUT2D eigenvalue weighted by atomic mass is 9.86. The monoisotopic (exact) mass is 1490 g/mol. The number of rotatable bonds is 0. The summed E-state index contributed by atoms with van der Waals surface area (Å²) in [6, 6.07) is 11.7. The zero-order chi connectivity index (χ0) is 80.5. The Kier molecular flexibility index (Phi) is 24.4. The van der Waals surface area contributed by atoms with Gasteiger partial charge in [-0.2, -0.15) is 40.0 Å². The minimum Gasteiger partial charge on any atom is -0.369 e. The van der Waals surface area contributed by atoms with Crippen LogP contribution in [0.1, 0.15) is 229 Å². The molecule has 15 aromatic heterocycles. The molecule has 110 heavy (non-hydrogen) atoms. The third-order valence-electron chi connectivity index (χ3n) is 16.3. The van der Waals surface area contributed by atoms with Gasteiger partial charge in [-0.25, -0.2) is 83.8 Å². The zero-order valence-electron chi connectivity index (χ0n) is 67.5. The molecule has 0 spiro atoms. The van der Waals surface area contributed by atoms with E-state index in [0.717, 1.165) is 73.3 Å². The first kappa shape index (κ1) is 81.9. The number of fused-ring (bicyclic) bond motifs is 8. The fourth-order valence-electron chi connectivity index (χ4n) is 11.2. The molecular formula is C77H102N32O. The van der Waals surface area contributed by atoms with E-state index in [-0.39, 0.29) is 55.1 Å². The summed E-state index contributed by atoms with van der Waals surface area (Å²) in [4.78, 5) is 91.1. The number of imidazole rings is 1. The lowest BCUT2D eigenvalue weighted by Crippen LogP contribution is -2.27. The first-order valence-corrected chi connectivity index (χ1v) is 35.9. The van der Waals surface area contributed by atoms with Crippen molar-refractivity contribution in [3.05, 3.63) is 175 Å². The van der Waals surface area contributed by atoms with Crippen molar-refractivity contribution in [2.75, 3.05) is 23.3 Å². The van der Waals surface area contributed by atoms with E-state index in [0.29, 0.717) is 53.1 Å². The molecule has 16 heterocycles. The van der Waals surface area contributed by atoms with Crippen LogP contribution in [0.3, 0.4) is 0 Å². The Morgan fingerprint density at radius 1 is 0.400 bits per heavy atom. The van der Waals surface area contributed by atoms with E-state index in [1.807, 2.05) is 84.7 Å². The summed E-state index contributed by atoms with van der Waals surface area (Å²) in [5.74, 6) is 4.36. The topological polar surface area (TPSA) is 424 Å². The number of aromatic amines is 1. The van der Waals surface area contributed by atoms with Gasteiger partial charge < -0.3 is 16.8 Å². The van der Waals surface area contributed by atoms with Crippen LogP contribution in [0, 0.1) is 0 Å². The number of nitrogens with zero attached hydrogens (tertiary/aromatic N) is 28. The molecule has 0 fully saturated rings. The van der Waals surface area contributed by atoms with Crippen LogP contribution in [0.5, 0.6) is 0 Å². The van der Waals surface area contributed by atoms with Gasteiger partial charge >= 0.3 is 0 Å². The second-order valence-electron chi connectivity index (χ2n) is 34.1. The van der Waals surface area contributed by atoms with E-state index in [9.17, 15) is 4.79 Å². The molecule has 0 saturated heterocycles. The molecule has 0 unspecified atom stereocenters. The summed E-state index contributed by atoms with van der Waals surface area (Å²) in [6.07, 6.45) is 23.9.